The lowest BCUT2D eigenvalue weighted by Crippen LogP contribution is -2.41. The van der Waals surface area contributed by atoms with Crippen molar-refractivity contribution in [1.82, 2.24) is 0 Å². The molecule has 6 heteroatoms. The SMILES string of the molecule is O=S1(=O)COCCN1c1cccc(F)c1. The molecular weight excluding hydrogens is 221 g/mol. The van der Waals surface area contributed by atoms with Gasteiger partial charge in [-0.2, -0.15) is 0 Å². The summed E-state index contributed by atoms with van der Waals surface area (Å²) in [6.07, 6.45) is 0. The number of ether oxygens (including phenoxy) is 1. The molecule has 0 spiro atoms. The molecule has 1 aromatic carbocycles. The lowest BCUT2D eigenvalue weighted by molar-refractivity contribution is 0.175. The van der Waals surface area contributed by atoms with Gasteiger partial charge in [0, 0.05) is 0 Å². The van der Waals surface area contributed by atoms with Gasteiger partial charge in [-0.15, -0.1) is 0 Å². The molecule has 4 nitrogen and oxygen atoms in total. The van der Waals surface area contributed by atoms with Gasteiger partial charge in [0.25, 0.3) is 10.0 Å². The Labute approximate surface area is 87.3 Å². The van der Waals surface area contributed by atoms with Gasteiger partial charge in [0.1, 0.15) is 5.82 Å². The van der Waals surface area contributed by atoms with Crippen LogP contribution in [0, 0.1) is 5.82 Å². The molecule has 15 heavy (non-hydrogen) atoms. The number of rotatable bonds is 1. The highest BCUT2D eigenvalue weighted by atomic mass is 32.2. The third-order valence-electron chi connectivity index (χ3n) is 2.10. The van der Waals surface area contributed by atoms with Crippen LogP contribution in [0.3, 0.4) is 0 Å². The Hall–Kier alpha value is -1.14. The summed E-state index contributed by atoms with van der Waals surface area (Å²) in [6.45, 7) is 0.557. The van der Waals surface area contributed by atoms with Gasteiger partial charge in [-0.25, -0.2) is 12.8 Å². The zero-order valence-corrected chi connectivity index (χ0v) is 8.71. The van der Waals surface area contributed by atoms with E-state index in [9.17, 15) is 12.8 Å². The Morgan fingerprint density at radius 1 is 1.40 bits per heavy atom. The van der Waals surface area contributed by atoms with Crippen molar-refractivity contribution in [3.8, 4) is 0 Å². The fourth-order valence-corrected chi connectivity index (χ4v) is 2.68. The predicted octanol–water partition coefficient (Wildman–Crippen LogP) is 0.950. The topological polar surface area (TPSA) is 46.6 Å². The lowest BCUT2D eigenvalue weighted by Gasteiger charge is -2.28. The van der Waals surface area contributed by atoms with Gasteiger partial charge in [-0.1, -0.05) is 6.07 Å². The van der Waals surface area contributed by atoms with Crippen molar-refractivity contribution >= 4 is 15.7 Å². The van der Waals surface area contributed by atoms with E-state index in [1.807, 2.05) is 0 Å². The molecule has 0 aliphatic carbocycles. The second-order valence-electron chi connectivity index (χ2n) is 3.19. The fraction of sp³-hybridized carbons (Fsp3) is 0.333. The normalized spacial score (nSPS) is 20.2. The van der Waals surface area contributed by atoms with E-state index in [1.54, 1.807) is 6.07 Å². The summed E-state index contributed by atoms with van der Waals surface area (Å²) in [5.74, 6) is -0.794. The summed E-state index contributed by atoms with van der Waals surface area (Å²) < 4.78 is 42.1. The Morgan fingerprint density at radius 3 is 2.87 bits per heavy atom. The van der Waals surface area contributed by atoms with E-state index in [1.165, 1.54) is 22.5 Å². The molecule has 1 heterocycles. The third-order valence-corrected chi connectivity index (χ3v) is 3.63. The number of hydrogen-bond acceptors (Lipinski definition) is 3. The highest BCUT2D eigenvalue weighted by molar-refractivity contribution is 7.92. The van der Waals surface area contributed by atoms with Gasteiger partial charge >= 0.3 is 0 Å². The van der Waals surface area contributed by atoms with Gasteiger partial charge in [-0.3, -0.25) is 4.31 Å². The molecule has 1 aliphatic rings. The third kappa shape index (κ3) is 2.10. The number of anilines is 1. The zero-order chi connectivity index (χ0) is 10.9. The number of hydrogen-bond donors (Lipinski definition) is 0. The van der Waals surface area contributed by atoms with Crippen molar-refractivity contribution in [1.29, 1.82) is 0 Å². The fourth-order valence-electron chi connectivity index (χ4n) is 1.44. The maximum atomic E-state index is 12.9. The van der Waals surface area contributed by atoms with Crippen molar-refractivity contribution < 1.29 is 17.5 Å². The summed E-state index contributed by atoms with van der Waals surface area (Å²) in [4.78, 5) is 0. The molecule has 0 aromatic heterocycles. The predicted molar refractivity (Wildman–Crippen MR) is 53.5 cm³/mol. The summed E-state index contributed by atoms with van der Waals surface area (Å²) in [7, 11) is -3.45. The van der Waals surface area contributed by atoms with Gasteiger partial charge in [0.2, 0.25) is 0 Å². The summed E-state index contributed by atoms with van der Waals surface area (Å²) >= 11 is 0. The highest BCUT2D eigenvalue weighted by Crippen LogP contribution is 2.21. The quantitative estimate of drug-likeness (QED) is 0.723. The number of halogens is 1. The largest absolute Gasteiger partial charge is 0.362 e. The van der Waals surface area contributed by atoms with Crippen molar-refractivity contribution in [2.45, 2.75) is 0 Å². The maximum Gasteiger partial charge on any atom is 0.259 e. The first kappa shape index (κ1) is 10.4. The molecule has 0 amide bonds. The van der Waals surface area contributed by atoms with Crippen LogP contribution >= 0.6 is 0 Å². The number of benzene rings is 1. The first-order valence-corrected chi connectivity index (χ1v) is 6.04. The van der Waals surface area contributed by atoms with Crippen molar-refractivity contribution in [2.75, 3.05) is 23.4 Å². The van der Waals surface area contributed by atoms with Crippen LogP contribution in [0.5, 0.6) is 0 Å². The second-order valence-corrected chi connectivity index (χ2v) is 5.03. The minimum atomic E-state index is -3.45. The molecule has 0 saturated carbocycles. The van der Waals surface area contributed by atoms with Crippen LogP contribution in [0.15, 0.2) is 24.3 Å². The summed E-state index contributed by atoms with van der Waals surface area (Å²) in [5.41, 5.74) is 0.346. The highest BCUT2D eigenvalue weighted by Gasteiger charge is 2.26. The van der Waals surface area contributed by atoms with E-state index in [4.69, 9.17) is 4.74 Å². The first-order valence-electron chi connectivity index (χ1n) is 4.43. The molecule has 0 unspecified atom stereocenters. The van der Waals surface area contributed by atoms with Crippen LogP contribution in [-0.4, -0.2) is 27.5 Å². The number of nitrogens with zero attached hydrogens (tertiary/aromatic N) is 1. The molecule has 82 valence electrons. The Kier molecular flexibility index (Phi) is 2.62. The molecular formula is C9H10FNO3S. The minimum absolute atomic E-state index is 0.228. The van der Waals surface area contributed by atoms with Crippen molar-refractivity contribution in [2.24, 2.45) is 0 Å². The Balaban J connectivity index is 2.37. The molecule has 0 bridgehead atoms. The van der Waals surface area contributed by atoms with Gasteiger partial charge in [0.15, 0.2) is 5.94 Å². The number of sulfonamides is 1. The van der Waals surface area contributed by atoms with Crippen LogP contribution in [-0.2, 0) is 14.8 Å². The van der Waals surface area contributed by atoms with Crippen molar-refractivity contribution in [3.63, 3.8) is 0 Å². The van der Waals surface area contributed by atoms with Crippen molar-refractivity contribution in [3.05, 3.63) is 30.1 Å². The van der Waals surface area contributed by atoms with Crippen LogP contribution in [0.2, 0.25) is 0 Å². The molecule has 1 aromatic rings. The summed E-state index contributed by atoms with van der Waals surface area (Å²) in [6, 6.07) is 5.51. The molecule has 1 saturated heterocycles. The van der Waals surface area contributed by atoms with Gasteiger partial charge in [0.05, 0.1) is 18.8 Å². The Morgan fingerprint density at radius 2 is 2.20 bits per heavy atom. The molecule has 0 N–H and O–H groups in total. The van der Waals surface area contributed by atoms with Gasteiger partial charge in [-0.05, 0) is 18.2 Å². The zero-order valence-electron chi connectivity index (χ0n) is 7.89. The summed E-state index contributed by atoms with van der Waals surface area (Å²) in [5, 5.41) is 0. The van der Waals surface area contributed by atoms with Crippen LogP contribution in [0.4, 0.5) is 10.1 Å². The first-order chi connectivity index (χ1) is 7.09. The van der Waals surface area contributed by atoms with Crippen LogP contribution in [0.1, 0.15) is 0 Å². The van der Waals surface area contributed by atoms with E-state index in [0.717, 1.165) is 0 Å². The average Bonchev–Trinajstić information content (AvgIpc) is 2.17. The smallest absolute Gasteiger partial charge is 0.259 e. The van der Waals surface area contributed by atoms with E-state index in [2.05, 4.69) is 0 Å². The Bertz CT molecular complexity index is 460. The molecule has 1 fully saturated rings. The average molecular weight is 231 g/mol. The lowest BCUT2D eigenvalue weighted by atomic mass is 10.3. The molecule has 1 aliphatic heterocycles. The van der Waals surface area contributed by atoms with Crippen LogP contribution in [0.25, 0.3) is 0 Å². The molecule has 2 rings (SSSR count). The monoisotopic (exact) mass is 231 g/mol. The van der Waals surface area contributed by atoms with Crippen LogP contribution < -0.4 is 4.31 Å². The van der Waals surface area contributed by atoms with E-state index >= 15 is 0 Å². The van der Waals surface area contributed by atoms with Gasteiger partial charge < -0.3 is 4.74 Å². The molecule has 0 radical (unpaired) electrons. The van der Waals surface area contributed by atoms with E-state index in [0.29, 0.717) is 12.3 Å². The van der Waals surface area contributed by atoms with E-state index in [-0.39, 0.29) is 12.5 Å². The standard InChI is InChI=1S/C9H10FNO3S/c10-8-2-1-3-9(6-8)11-4-5-14-7-15(11,12)13/h1-3,6H,4-5,7H2. The molecule has 0 atom stereocenters. The van der Waals surface area contributed by atoms with E-state index < -0.39 is 15.8 Å². The maximum absolute atomic E-state index is 12.9. The minimum Gasteiger partial charge on any atom is -0.362 e. The second kappa shape index (κ2) is 3.79.